The van der Waals surface area contributed by atoms with Crippen molar-refractivity contribution in [2.24, 2.45) is 0 Å². The molecule has 4 amide bonds. The molecule has 0 fully saturated rings. The number of amides is 4. The van der Waals surface area contributed by atoms with E-state index in [1.54, 1.807) is 79.7 Å². The number of nitrogens with one attached hydrogen (secondary N) is 4. The summed E-state index contributed by atoms with van der Waals surface area (Å²) in [5.41, 5.74) is 1.65. The maximum Gasteiger partial charge on any atom is 0.408 e. The Bertz CT molecular complexity index is 1040. The van der Waals surface area contributed by atoms with Crippen LogP contribution in [0.2, 0.25) is 0 Å². The number of benzene rings is 2. The van der Waals surface area contributed by atoms with Crippen LogP contribution in [-0.4, -0.2) is 47.3 Å². The Labute approximate surface area is 223 Å². The lowest BCUT2D eigenvalue weighted by molar-refractivity contribution is -0.118. The van der Waals surface area contributed by atoms with Gasteiger partial charge in [0.25, 0.3) is 0 Å². The second-order valence-corrected chi connectivity index (χ2v) is 10.9. The molecule has 0 aliphatic carbocycles. The number of rotatable bonds is 7. The van der Waals surface area contributed by atoms with Gasteiger partial charge in [-0.1, -0.05) is 24.3 Å². The van der Waals surface area contributed by atoms with E-state index in [0.717, 1.165) is 11.1 Å². The van der Waals surface area contributed by atoms with Crippen LogP contribution >= 0.6 is 0 Å². The molecule has 0 saturated heterocycles. The molecule has 0 unspecified atom stereocenters. The first kappa shape index (κ1) is 30.1. The summed E-state index contributed by atoms with van der Waals surface area (Å²) in [6.07, 6.45) is -1.33. The van der Waals surface area contributed by atoms with E-state index in [4.69, 9.17) is 9.47 Å². The van der Waals surface area contributed by atoms with Gasteiger partial charge in [-0.2, -0.15) is 0 Å². The summed E-state index contributed by atoms with van der Waals surface area (Å²) >= 11 is 0. The SMILES string of the molecule is C[C@@H](NC(=O)OC(C)(C)C)C(=O)Nc1ccc(-c2ccc(NC(=O)[C@@H](C)NC(=O)OC(C)(C)C)cc2)cc1. The zero-order valence-corrected chi connectivity index (χ0v) is 23.2. The molecule has 0 spiro atoms. The number of carbonyl (C=O) groups excluding carboxylic acids is 4. The van der Waals surface area contributed by atoms with Gasteiger partial charge in [-0.25, -0.2) is 9.59 Å². The van der Waals surface area contributed by atoms with E-state index in [-0.39, 0.29) is 11.8 Å². The highest BCUT2D eigenvalue weighted by Gasteiger charge is 2.22. The Morgan fingerprint density at radius 2 is 0.868 bits per heavy atom. The fourth-order valence-electron chi connectivity index (χ4n) is 3.09. The number of hydrogen-bond donors (Lipinski definition) is 4. The Morgan fingerprint density at radius 1 is 0.579 bits per heavy atom. The van der Waals surface area contributed by atoms with Crippen molar-refractivity contribution in [3.05, 3.63) is 48.5 Å². The molecule has 0 aliphatic heterocycles. The molecule has 0 saturated carbocycles. The van der Waals surface area contributed by atoms with Crippen LogP contribution in [0.3, 0.4) is 0 Å². The van der Waals surface area contributed by atoms with Gasteiger partial charge in [-0.05, 0) is 90.8 Å². The lowest BCUT2D eigenvalue weighted by Crippen LogP contribution is -2.43. The molecule has 2 rings (SSSR count). The quantitative estimate of drug-likeness (QED) is 0.398. The van der Waals surface area contributed by atoms with Crippen LogP contribution in [0.1, 0.15) is 55.4 Å². The van der Waals surface area contributed by atoms with Crippen molar-refractivity contribution in [3.8, 4) is 11.1 Å². The summed E-state index contributed by atoms with van der Waals surface area (Å²) in [5, 5.41) is 10.5. The standard InChI is InChI=1S/C28H38N4O6/c1-17(29-25(35)37-27(3,4)5)23(33)31-21-13-9-19(10-14-21)20-11-15-22(16-12-20)32-24(34)18(2)30-26(36)38-28(6,7)8/h9-18H,1-8H3,(H,29,35)(H,30,36)(H,31,33)(H,32,34)/t17-,18-/m1/s1. The average Bonchev–Trinajstić information content (AvgIpc) is 2.77. The van der Waals surface area contributed by atoms with Crippen LogP contribution in [0.5, 0.6) is 0 Å². The van der Waals surface area contributed by atoms with Gasteiger partial charge < -0.3 is 30.7 Å². The fourth-order valence-corrected chi connectivity index (χ4v) is 3.09. The molecular formula is C28H38N4O6. The van der Waals surface area contributed by atoms with Crippen molar-refractivity contribution < 1.29 is 28.7 Å². The van der Waals surface area contributed by atoms with E-state index in [2.05, 4.69) is 21.3 Å². The van der Waals surface area contributed by atoms with Crippen molar-refractivity contribution in [2.75, 3.05) is 10.6 Å². The van der Waals surface area contributed by atoms with Gasteiger partial charge in [-0.15, -0.1) is 0 Å². The first-order chi connectivity index (χ1) is 17.5. The highest BCUT2D eigenvalue weighted by Crippen LogP contribution is 2.23. The first-order valence-electron chi connectivity index (χ1n) is 12.3. The smallest absolute Gasteiger partial charge is 0.408 e. The normalized spacial score (nSPS) is 12.9. The minimum atomic E-state index is -0.783. The molecule has 4 N–H and O–H groups in total. The fraction of sp³-hybridized carbons (Fsp3) is 0.429. The van der Waals surface area contributed by atoms with Crippen LogP contribution < -0.4 is 21.3 Å². The van der Waals surface area contributed by atoms with Gasteiger partial charge in [0.15, 0.2) is 0 Å². The number of ether oxygens (including phenoxy) is 2. The zero-order chi connectivity index (χ0) is 28.7. The third-order valence-corrected chi connectivity index (χ3v) is 4.89. The molecule has 38 heavy (non-hydrogen) atoms. The molecule has 10 heteroatoms. The number of alkyl carbamates (subject to hydrolysis) is 2. The predicted molar refractivity (Wildman–Crippen MR) is 147 cm³/mol. The molecule has 206 valence electrons. The number of hydrogen-bond acceptors (Lipinski definition) is 6. The predicted octanol–water partition coefficient (Wildman–Crippen LogP) is 5.06. The molecule has 10 nitrogen and oxygen atoms in total. The molecule has 2 aromatic rings. The van der Waals surface area contributed by atoms with Crippen LogP contribution in [0.4, 0.5) is 21.0 Å². The first-order valence-corrected chi connectivity index (χ1v) is 12.3. The molecule has 0 radical (unpaired) electrons. The molecule has 2 aromatic carbocycles. The van der Waals surface area contributed by atoms with E-state index >= 15 is 0 Å². The van der Waals surface area contributed by atoms with Crippen molar-refractivity contribution >= 4 is 35.4 Å². The highest BCUT2D eigenvalue weighted by molar-refractivity contribution is 5.97. The van der Waals surface area contributed by atoms with Gasteiger partial charge >= 0.3 is 12.2 Å². The second kappa shape index (κ2) is 12.4. The molecule has 0 bridgehead atoms. The van der Waals surface area contributed by atoms with Gasteiger partial charge in [0.1, 0.15) is 23.3 Å². The molecule has 0 aromatic heterocycles. The van der Waals surface area contributed by atoms with Crippen LogP contribution in [0.25, 0.3) is 11.1 Å². The minimum Gasteiger partial charge on any atom is -0.444 e. The Morgan fingerprint density at radius 3 is 1.13 bits per heavy atom. The third kappa shape index (κ3) is 10.5. The maximum absolute atomic E-state index is 12.4. The molecule has 2 atom stereocenters. The number of anilines is 2. The molecule has 0 heterocycles. The Hall–Kier alpha value is -4.08. The summed E-state index contributed by atoms with van der Waals surface area (Å²) < 4.78 is 10.3. The summed E-state index contributed by atoms with van der Waals surface area (Å²) in [7, 11) is 0. The summed E-state index contributed by atoms with van der Waals surface area (Å²) in [5.74, 6) is -0.752. The van der Waals surface area contributed by atoms with Crippen molar-refractivity contribution in [2.45, 2.75) is 78.7 Å². The monoisotopic (exact) mass is 526 g/mol. The lowest BCUT2D eigenvalue weighted by atomic mass is 10.0. The van der Waals surface area contributed by atoms with Crippen LogP contribution in [-0.2, 0) is 19.1 Å². The van der Waals surface area contributed by atoms with E-state index < -0.39 is 35.5 Å². The summed E-state index contributed by atoms with van der Waals surface area (Å²) in [6, 6.07) is 12.9. The lowest BCUT2D eigenvalue weighted by Gasteiger charge is -2.21. The van der Waals surface area contributed by atoms with Crippen molar-refractivity contribution in [1.82, 2.24) is 10.6 Å². The van der Waals surface area contributed by atoms with Gasteiger partial charge in [-0.3, -0.25) is 9.59 Å². The maximum atomic E-state index is 12.4. The summed E-state index contributed by atoms with van der Waals surface area (Å²) in [4.78, 5) is 48.6. The largest absolute Gasteiger partial charge is 0.444 e. The summed E-state index contributed by atoms with van der Waals surface area (Å²) in [6.45, 7) is 13.6. The van der Waals surface area contributed by atoms with Crippen molar-refractivity contribution in [1.29, 1.82) is 0 Å². The van der Waals surface area contributed by atoms with E-state index in [0.29, 0.717) is 11.4 Å². The van der Waals surface area contributed by atoms with Gasteiger partial charge in [0.05, 0.1) is 0 Å². The van der Waals surface area contributed by atoms with Gasteiger partial charge in [0.2, 0.25) is 11.8 Å². The van der Waals surface area contributed by atoms with E-state index in [9.17, 15) is 19.2 Å². The van der Waals surface area contributed by atoms with Crippen molar-refractivity contribution in [3.63, 3.8) is 0 Å². The molecular weight excluding hydrogens is 488 g/mol. The minimum absolute atomic E-state index is 0.376. The Kier molecular flexibility index (Phi) is 9.87. The van der Waals surface area contributed by atoms with Crippen LogP contribution in [0.15, 0.2) is 48.5 Å². The Balaban J connectivity index is 1.91. The number of carbonyl (C=O) groups is 4. The highest BCUT2D eigenvalue weighted by atomic mass is 16.6. The molecule has 0 aliphatic rings. The average molecular weight is 527 g/mol. The van der Waals surface area contributed by atoms with Gasteiger partial charge in [0, 0.05) is 11.4 Å². The third-order valence-electron chi connectivity index (χ3n) is 4.89. The second-order valence-electron chi connectivity index (χ2n) is 10.9. The van der Waals surface area contributed by atoms with E-state index in [1.165, 1.54) is 0 Å². The van der Waals surface area contributed by atoms with Crippen LogP contribution in [0, 0.1) is 0 Å². The topological polar surface area (TPSA) is 135 Å². The zero-order valence-electron chi connectivity index (χ0n) is 23.2. The van der Waals surface area contributed by atoms with E-state index in [1.807, 2.05) is 24.3 Å².